The Balaban J connectivity index is 2.05. The maximum Gasteiger partial charge on any atom is 0.224 e. The molecule has 1 atom stereocenters. The highest BCUT2D eigenvalue weighted by Gasteiger charge is 2.17. The molecule has 110 valence electrons. The van der Waals surface area contributed by atoms with Gasteiger partial charge in [0.1, 0.15) is 0 Å². The van der Waals surface area contributed by atoms with E-state index in [-0.39, 0.29) is 5.91 Å². The lowest BCUT2D eigenvalue weighted by Crippen LogP contribution is -2.23. The van der Waals surface area contributed by atoms with Crippen LogP contribution < -0.4 is 16.4 Å². The van der Waals surface area contributed by atoms with E-state index in [9.17, 15) is 9.90 Å². The number of carbonyl (C=O) groups excluding carboxylic acids is 1. The molecule has 0 bridgehead atoms. The average Bonchev–Trinajstić information content (AvgIpc) is 2.36. The average molecular weight is 277 g/mol. The minimum absolute atomic E-state index is 0.0352. The molecule has 1 aliphatic heterocycles. The van der Waals surface area contributed by atoms with Gasteiger partial charge in [-0.1, -0.05) is 13.8 Å². The lowest BCUT2D eigenvalue weighted by atomic mass is 10.0. The summed E-state index contributed by atoms with van der Waals surface area (Å²) in [6, 6.07) is 3.75. The summed E-state index contributed by atoms with van der Waals surface area (Å²) >= 11 is 0. The fraction of sp³-hybridized carbons (Fsp3) is 0.533. The number of aliphatic hydroxyl groups excluding tert-OH is 1. The van der Waals surface area contributed by atoms with E-state index in [0.717, 1.165) is 29.8 Å². The predicted molar refractivity (Wildman–Crippen MR) is 81.8 cm³/mol. The van der Waals surface area contributed by atoms with Gasteiger partial charge in [-0.2, -0.15) is 0 Å². The summed E-state index contributed by atoms with van der Waals surface area (Å²) in [4.78, 5) is 11.4. The molecule has 1 unspecified atom stereocenters. The molecule has 1 aliphatic rings. The number of nitrogens with two attached hydrogens (primary N) is 1. The predicted octanol–water partition coefficient (Wildman–Crippen LogP) is 1.97. The molecule has 1 aromatic rings. The van der Waals surface area contributed by atoms with Gasteiger partial charge in [0, 0.05) is 18.7 Å². The van der Waals surface area contributed by atoms with E-state index in [1.54, 1.807) is 0 Å². The van der Waals surface area contributed by atoms with Crippen molar-refractivity contribution >= 4 is 23.0 Å². The molecule has 0 radical (unpaired) electrons. The Morgan fingerprint density at radius 2 is 2.15 bits per heavy atom. The number of carbonyl (C=O) groups is 1. The highest BCUT2D eigenvalue weighted by Crippen LogP contribution is 2.31. The van der Waals surface area contributed by atoms with E-state index in [1.807, 2.05) is 12.1 Å². The number of anilines is 3. The number of nitrogen functional groups attached to an aromatic ring is 1. The highest BCUT2D eigenvalue weighted by molar-refractivity contribution is 5.95. The normalized spacial score (nSPS) is 15.7. The van der Waals surface area contributed by atoms with Crippen molar-refractivity contribution in [3.63, 3.8) is 0 Å². The van der Waals surface area contributed by atoms with E-state index in [2.05, 4.69) is 24.5 Å². The molecule has 2 rings (SSSR count). The molecule has 1 aromatic carbocycles. The van der Waals surface area contributed by atoms with Crippen LogP contribution in [0.15, 0.2) is 12.1 Å². The second-order valence-electron chi connectivity index (χ2n) is 5.81. The molecule has 5 N–H and O–H groups in total. The van der Waals surface area contributed by atoms with E-state index < -0.39 is 6.10 Å². The summed E-state index contributed by atoms with van der Waals surface area (Å²) in [7, 11) is 0. The smallest absolute Gasteiger partial charge is 0.224 e. The number of nitrogens with one attached hydrogen (secondary N) is 2. The lowest BCUT2D eigenvalue weighted by Gasteiger charge is -2.21. The highest BCUT2D eigenvalue weighted by atomic mass is 16.3. The van der Waals surface area contributed by atoms with Gasteiger partial charge < -0.3 is 21.5 Å². The Labute approximate surface area is 119 Å². The second kappa shape index (κ2) is 6.13. The van der Waals surface area contributed by atoms with Gasteiger partial charge >= 0.3 is 0 Å². The first-order valence-electron chi connectivity index (χ1n) is 7.10. The zero-order chi connectivity index (χ0) is 14.7. The first-order valence-corrected chi connectivity index (χ1v) is 7.10. The molecular formula is C15H23N3O2. The maximum absolute atomic E-state index is 11.4. The summed E-state index contributed by atoms with van der Waals surface area (Å²) < 4.78 is 0. The van der Waals surface area contributed by atoms with Crippen molar-refractivity contribution in [1.29, 1.82) is 0 Å². The number of amides is 1. The largest absolute Gasteiger partial charge is 0.397 e. The van der Waals surface area contributed by atoms with Crippen LogP contribution in [0.2, 0.25) is 0 Å². The van der Waals surface area contributed by atoms with Gasteiger partial charge in [0.25, 0.3) is 0 Å². The third-order valence-corrected chi connectivity index (χ3v) is 3.44. The SMILES string of the molecule is CC(C)CC(O)CNc1cc2c(cc1N)CCC(=O)N2. The lowest BCUT2D eigenvalue weighted by molar-refractivity contribution is -0.116. The Hall–Kier alpha value is -1.75. The fourth-order valence-corrected chi connectivity index (χ4v) is 2.46. The molecule has 0 aromatic heterocycles. The Morgan fingerprint density at radius 3 is 2.85 bits per heavy atom. The third-order valence-electron chi connectivity index (χ3n) is 3.44. The van der Waals surface area contributed by atoms with Crippen LogP contribution in [-0.4, -0.2) is 23.7 Å². The number of hydrogen-bond donors (Lipinski definition) is 4. The van der Waals surface area contributed by atoms with E-state index in [1.165, 1.54) is 0 Å². The van der Waals surface area contributed by atoms with Crippen LogP contribution in [0.25, 0.3) is 0 Å². The molecule has 5 nitrogen and oxygen atoms in total. The summed E-state index contributed by atoms with van der Waals surface area (Å²) in [5.74, 6) is 0.486. The second-order valence-corrected chi connectivity index (χ2v) is 5.81. The molecule has 5 heteroatoms. The first kappa shape index (κ1) is 14.7. The van der Waals surface area contributed by atoms with E-state index >= 15 is 0 Å². The molecule has 0 spiro atoms. The van der Waals surface area contributed by atoms with Gasteiger partial charge in [0.2, 0.25) is 5.91 Å². The minimum Gasteiger partial charge on any atom is -0.397 e. The van der Waals surface area contributed by atoms with Crippen molar-refractivity contribution in [2.75, 3.05) is 22.9 Å². The van der Waals surface area contributed by atoms with Gasteiger partial charge in [-0.15, -0.1) is 0 Å². The van der Waals surface area contributed by atoms with Crippen molar-refractivity contribution in [2.45, 2.75) is 39.2 Å². The Kier molecular flexibility index (Phi) is 4.49. The van der Waals surface area contributed by atoms with Crippen molar-refractivity contribution in [3.05, 3.63) is 17.7 Å². The van der Waals surface area contributed by atoms with E-state index in [4.69, 9.17) is 5.73 Å². The van der Waals surface area contributed by atoms with Crippen LogP contribution in [-0.2, 0) is 11.2 Å². The van der Waals surface area contributed by atoms with Gasteiger partial charge in [0.15, 0.2) is 0 Å². The molecule has 0 saturated carbocycles. The topological polar surface area (TPSA) is 87.4 Å². The van der Waals surface area contributed by atoms with Crippen LogP contribution in [0.1, 0.15) is 32.3 Å². The molecule has 0 fully saturated rings. The van der Waals surface area contributed by atoms with Crippen LogP contribution in [0.3, 0.4) is 0 Å². The monoisotopic (exact) mass is 277 g/mol. The number of benzene rings is 1. The van der Waals surface area contributed by atoms with Crippen LogP contribution in [0.4, 0.5) is 17.1 Å². The fourth-order valence-electron chi connectivity index (χ4n) is 2.46. The van der Waals surface area contributed by atoms with Crippen LogP contribution in [0, 0.1) is 5.92 Å². The van der Waals surface area contributed by atoms with Crippen molar-refractivity contribution in [1.82, 2.24) is 0 Å². The zero-order valence-electron chi connectivity index (χ0n) is 12.1. The zero-order valence-corrected chi connectivity index (χ0v) is 12.1. The number of hydrogen-bond acceptors (Lipinski definition) is 4. The summed E-state index contributed by atoms with van der Waals surface area (Å²) in [6.45, 7) is 4.60. The van der Waals surface area contributed by atoms with Gasteiger partial charge in [0.05, 0.1) is 17.5 Å². The molecule has 20 heavy (non-hydrogen) atoms. The number of fused-ring (bicyclic) bond motifs is 1. The quantitative estimate of drug-likeness (QED) is 0.620. The Morgan fingerprint density at radius 1 is 1.40 bits per heavy atom. The van der Waals surface area contributed by atoms with Crippen LogP contribution >= 0.6 is 0 Å². The van der Waals surface area contributed by atoms with Gasteiger partial charge in [-0.3, -0.25) is 4.79 Å². The maximum atomic E-state index is 11.4. The number of aryl methyl sites for hydroxylation is 1. The minimum atomic E-state index is -0.403. The van der Waals surface area contributed by atoms with E-state index in [0.29, 0.717) is 24.6 Å². The molecular weight excluding hydrogens is 254 g/mol. The summed E-state index contributed by atoms with van der Waals surface area (Å²) in [6.07, 6.45) is 1.57. The third kappa shape index (κ3) is 3.63. The molecule has 0 aliphatic carbocycles. The summed E-state index contributed by atoms with van der Waals surface area (Å²) in [5.41, 5.74) is 9.30. The van der Waals surface area contributed by atoms with Crippen LogP contribution in [0.5, 0.6) is 0 Å². The van der Waals surface area contributed by atoms with Crippen molar-refractivity contribution in [3.8, 4) is 0 Å². The standard InChI is InChI=1S/C15H23N3O2/c1-9(2)5-11(19)8-17-14-7-13-10(6-12(14)16)3-4-15(20)18-13/h6-7,9,11,17,19H,3-5,8,16H2,1-2H3,(H,18,20). The summed E-state index contributed by atoms with van der Waals surface area (Å²) in [5, 5.41) is 15.9. The van der Waals surface area contributed by atoms with Crippen molar-refractivity contribution in [2.24, 2.45) is 5.92 Å². The molecule has 1 amide bonds. The van der Waals surface area contributed by atoms with Crippen molar-refractivity contribution < 1.29 is 9.90 Å². The van der Waals surface area contributed by atoms with Gasteiger partial charge in [-0.25, -0.2) is 0 Å². The number of aliphatic hydroxyl groups is 1. The molecule has 1 heterocycles. The Bertz CT molecular complexity index is 500. The number of rotatable bonds is 5. The molecule has 0 saturated heterocycles. The first-order chi connectivity index (χ1) is 9.45. The van der Waals surface area contributed by atoms with Gasteiger partial charge in [-0.05, 0) is 36.5 Å².